The summed E-state index contributed by atoms with van der Waals surface area (Å²) in [5.41, 5.74) is 8.60. The smallest absolute Gasteiger partial charge is 0.138 e. The molecule has 2 aromatic rings. The Morgan fingerprint density at radius 1 is 1.43 bits per heavy atom. The lowest BCUT2D eigenvalue weighted by Crippen LogP contribution is -2.31. The zero-order valence-electron chi connectivity index (χ0n) is 12.7. The highest BCUT2D eigenvalue weighted by molar-refractivity contribution is 5.79. The molecule has 1 unspecified atom stereocenters. The van der Waals surface area contributed by atoms with Crippen molar-refractivity contribution in [2.75, 3.05) is 18.9 Å². The number of anilines is 1. The van der Waals surface area contributed by atoms with Gasteiger partial charge in [-0.15, -0.1) is 0 Å². The monoisotopic (exact) mass is 289 g/mol. The van der Waals surface area contributed by atoms with Crippen LogP contribution >= 0.6 is 0 Å². The topological polar surface area (TPSA) is 73.3 Å². The molecule has 0 amide bonds. The van der Waals surface area contributed by atoms with Crippen molar-refractivity contribution in [3.8, 4) is 0 Å². The molecule has 0 bridgehead atoms. The van der Waals surface area contributed by atoms with Crippen LogP contribution in [0.2, 0.25) is 0 Å². The molecule has 21 heavy (non-hydrogen) atoms. The van der Waals surface area contributed by atoms with E-state index in [1.807, 2.05) is 18.2 Å². The Labute approximate surface area is 124 Å². The molecule has 1 fully saturated rings. The van der Waals surface area contributed by atoms with Crippen LogP contribution in [0.3, 0.4) is 0 Å². The summed E-state index contributed by atoms with van der Waals surface area (Å²) in [5, 5.41) is 10.0. The average molecular weight is 289 g/mol. The van der Waals surface area contributed by atoms with Crippen LogP contribution in [0.15, 0.2) is 18.2 Å². The van der Waals surface area contributed by atoms with E-state index in [1.165, 1.54) is 0 Å². The Morgan fingerprint density at radius 3 is 2.81 bits per heavy atom. The summed E-state index contributed by atoms with van der Waals surface area (Å²) in [7, 11) is 0. The lowest BCUT2D eigenvalue weighted by molar-refractivity contribution is 0.0148. The van der Waals surface area contributed by atoms with E-state index in [0.29, 0.717) is 11.5 Å². The van der Waals surface area contributed by atoms with Gasteiger partial charge in [-0.1, -0.05) is 6.92 Å². The summed E-state index contributed by atoms with van der Waals surface area (Å²) in [6.07, 6.45) is 1.46. The molecular formula is C16H23N3O2. The van der Waals surface area contributed by atoms with Gasteiger partial charge in [-0.25, -0.2) is 4.98 Å². The molecule has 1 aliphatic rings. The Balaban J connectivity index is 2.04. The Hall–Kier alpha value is -1.59. The van der Waals surface area contributed by atoms with Gasteiger partial charge in [0.15, 0.2) is 0 Å². The highest BCUT2D eigenvalue weighted by Crippen LogP contribution is 2.34. The third-order valence-electron chi connectivity index (χ3n) is 4.42. The first-order valence-corrected chi connectivity index (χ1v) is 7.50. The largest absolute Gasteiger partial charge is 0.399 e. The Morgan fingerprint density at radius 2 is 2.14 bits per heavy atom. The van der Waals surface area contributed by atoms with E-state index in [1.54, 1.807) is 6.92 Å². The number of aromatic nitrogens is 2. The van der Waals surface area contributed by atoms with Gasteiger partial charge in [0.1, 0.15) is 11.9 Å². The van der Waals surface area contributed by atoms with Crippen molar-refractivity contribution in [3.05, 3.63) is 24.0 Å². The summed E-state index contributed by atoms with van der Waals surface area (Å²) in [6, 6.07) is 5.74. The maximum atomic E-state index is 10.0. The second-order valence-corrected chi connectivity index (χ2v) is 6.40. The molecule has 1 aromatic heterocycles. The molecule has 1 aromatic carbocycles. The molecule has 3 N–H and O–H groups in total. The first kappa shape index (κ1) is 14.4. The number of imidazole rings is 1. The lowest BCUT2D eigenvalue weighted by atomic mass is 9.82. The highest BCUT2D eigenvalue weighted by Gasteiger charge is 2.30. The fourth-order valence-corrected chi connectivity index (χ4v) is 3.05. The molecule has 3 rings (SSSR count). The molecule has 5 nitrogen and oxygen atoms in total. The summed E-state index contributed by atoms with van der Waals surface area (Å²) >= 11 is 0. The van der Waals surface area contributed by atoms with Crippen LogP contribution in [0.1, 0.15) is 38.6 Å². The van der Waals surface area contributed by atoms with Crippen molar-refractivity contribution >= 4 is 16.7 Å². The van der Waals surface area contributed by atoms with Gasteiger partial charge in [0.25, 0.3) is 0 Å². The molecule has 0 spiro atoms. The normalized spacial score (nSPS) is 19.8. The second kappa shape index (κ2) is 5.31. The number of ether oxygens (including phenoxy) is 1. The summed E-state index contributed by atoms with van der Waals surface area (Å²) in [6.45, 7) is 6.50. The minimum absolute atomic E-state index is 0.177. The average Bonchev–Trinajstić information content (AvgIpc) is 2.77. The third-order valence-corrected chi connectivity index (χ3v) is 4.42. The van der Waals surface area contributed by atoms with Gasteiger partial charge in [-0.3, -0.25) is 0 Å². The van der Waals surface area contributed by atoms with Crippen LogP contribution in [0.25, 0.3) is 11.0 Å². The van der Waals surface area contributed by atoms with E-state index in [9.17, 15) is 5.11 Å². The van der Waals surface area contributed by atoms with Crippen LogP contribution in [-0.4, -0.2) is 27.9 Å². The number of benzene rings is 1. The first-order valence-electron chi connectivity index (χ1n) is 7.50. The number of rotatable bonds is 3. The van der Waals surface area contributed by atoms with Gasteiger partial charge in [0, 0.05) is 25.4 Å². The lowest BCUT2D eigenvalue weighted by Gasteiger charge is -2.34. The van der Waals surface area contributed by atoms with Crippen LogP contribution < -0.4 is 5.73 Å². The van der Waals surface area contributed by atoms with E-state index in [4.69, 9.17) is 10.5 Å². The fourth-order valence-electron chi connectivity index (χ4n) is 3.05. The summed E-state index contributed by atoms with van der Waals surface area (Å²) < 4.78 is 7.62. The number of nitrogen functional groups attached to an aromatic ring is 1. The van der Waals surface area contributed by atoms with Crippen molar-refractivity contribution in [1.82, 2.24) is 9.55 Å². The number of hydrogen-bond donors (Lipinski definition) is 2. The number of nitrogens with two attached hydrogens (primary N) is 1. The van der Waals surface area contributed by atoms with Crippen molar-refractivity contribution in [3.63, 3.8) is 0 Å². The molecule has 2 heterocycles. The number of nitrogens with zero attached hydrogens (tertiary/aromatic N) is 2. The van der Waals surface area contributed by atoms with Gasteiger partial charge in [0.2, 0.25) is 0 Å². The molecule has 114 valence electrons. The predicted octanol–water partition coefficient (Wildman–Crippen LogP) is 2.49. The molecular weight excluding hydrogens is 266 g/mol. The SMILES string of the molecule is CC(O)c1nc2cc(N)ccc2n1CC1(C)CCOCC1. The number of aliphatic hydroxyl groups excluding tert-OH is 1. The van der Waals surface area contributed by atoms with Gasteiger partial charge < -0.3 is 20.1 Å². The maximum Gasteiger partial charge on any atom is 0.138 e. The van der Waals surface area contributed by atoms with Gasteiger partial charge in [-0.2, -0.15) is 0 Å². The highest BCUT2D eigenvalue weighted by atomic mass is 16.5. The fraction of sp³-hybridized carbons (Fsp3) is 0.562. The second-order valence-electron chi connectivity index (χ2n) is 6.40. The summed E-state index contributed by atoms with van der Waals surface area (Å²) in [4.78, 5) is 4.57. The van der Waals surface area contributed by atoms with Crippen LogP contribution in [0.4, 0.5) is 5.69 Å². The van der Waals surface area contributed by atoms with E-state index in [-0.39, 0.29) is 5.41 Å². The van der Waals surface area contributed by atoms with Crippen molar-refractivity contribution in [1.29, 1.82) is 0 Å². The molecule has 1 atom stereocenters. The van der Waals surface area contributed by atoms with E-state index >= 15 is 0 Å². The standard InChI is InChI=1S/C16H23N3O2/c1-11(20)15-18-13-9-12(17)3-4-14(13)19(15)10-16(2)5-7-21-8-6-16/h3-4,9,11,20H,5-8,10,17H2,1-2H3. The van der Waals surface area contributed by atoms with Crippen molar-refractivity contribution in [2.24, 2.45) is 5.41 Å². The molecule has 5 heteroatoms. The van der Waals surface area contributed by atoms with E-state index in [2.05, 4.69) is 16.5 Å². The zero-order valence-corrected chi connectivity index (χ0v) is 12.7. The Kier molecular flexibility index (Phi) is 3.63. The van der Waals surface area contributed by atoms with Gasteiger partial charge in [-0.05, 0) is 43.4 Å². The minimum atomic E-state index is -0.595. The predicted molar refractivity (Wildman–Crippen MR) is 82.9 cm³/mol. The van der Waals surface area contributed by atoms with Gasteiger partial charge in [0.05, 0.1) is 11.0 Å². The third kappa shape index (κ3) is 2.76. The Bertz CT molecular complexity index is 642. The number of hydrogen-bond acceptors (Lipinski definition) is 4. The maximum absolute atomic E-state index is 10.0. The summed E-state index contributed by atoms with van der Waals surface area (Å²) in [5.74, 6) is 0.711. The molecule has 0 radical (unpaired) electrons. The first-order chi connectivity index (χ1) is 9.98. The molecule has 1 aliphatic heterocycles. The zero-order chi connectivity index (χ0) is 15.0. The van der Waals surface area contributed by atoms with E-state index in [0.717, 1.165) is 43.6 Å². The van der Waals surface area contributed by atoms with Crippen LogP contribution in [-0.2, 0) is 11.3 Å². The van der Waals surface area contributed by atoms with Crippen LogP contribution in [0, 0.1) is 5.41 Å². The molecule has 0 saturated carbocycles. The number of fused-ring (bicyclic) bond motifs is 1. The van der Waals surface area contributed by atoms with Crippen molar-refractivity contribution in [2.45, 2.75) is 39.3 Å². The quantitative estimate of drug-likeness (QED) is 0.851. The van der Waals surface area contributed by atoms with Gasteiger partial charge >= 0.3 is 0 Å². The molecule has 0 aliphatic carbocycles. The molecule has 1 saturated heterocycles. The van der Waals surface area contributed by atoms with E-state index < -0.39 is 6.10 Å². The minimum Gasteiger partial charge on any atom is -0.399 e. The van der Waals surface area contributed by atoms with Crippen LogP contribution in [0.5, 0.6) is 0 Å². The van der Waals surface area contributed by atoms with Crippen molar-refractivity contribution < 1.29 is 9.84 Å². The number of aliphatic hydroxyl groups is 1.